The summed E-state index contributed by atoms with van der Waals surface area (Å²) in [6.07, 6.45) is -0.981. The minimum Gasteiger partial charge on any atom is -0.457 e. The Kier molecular flexibility index (Phi) is 10.6. The average molecular weight is 749 g/mol. The number of pyridine rings is 2. The van der Waals surface area contributed by atoms with E-state index in [1.807, 2.05) is 12.1 Å². The number of amides is 2. The van der Waals surface area contributed by atoms with Crippen molar-refractivity contribution < 1.29 is 38.1 Å². The fourth-order valence-electron chi connectivity index (χ4n) is 6.74. The number of aromatic nitrogens is 2. The SMILES string of the molecule is CCC1(OC(=O)CCCNC(=O)OC(C)(C)C)C(=O)OCc2c1cc1n(c2=O)Cc2c-1nc1ccc(NC(=O)OC(C)(C)C)cc1c2[Si](C)(C)C(C)C. The van der Waals surface area contributed by atoms with E-state index in [0.29, 0.717) is 33.7 Å². The maximum absolute atomic E-state index is 14.3. The van der Waals surface area contributed by atoms with Gasteiger partial charge in [0.15, 0.2) is 0 Å². The molecule has 0 saturated heterocycles. The predicted octanol–water partition coefficient (Wildman–Crippen LogP) is 6.61. The summed E-state index contributed by atoms with van der Waals surface area (Å²) in [5.41, 5.74) is 0.684. The molecule has 14 heteroatoms. The highest BCUT2D eigenvalue weighted by molar-refractivity contribution is 6.92. The van der Waals surface area contributed by atoms with Crippen molar-refractivity contribution in [3.63, 3.8) is 0 Å². The van der Waals surface area contributed by atoms with Crippen LogP contribution < -0.4 is 21.4 Å². The highest BCUT2D eigenvalue weighted by Crippen LogP contribution is 2.42. The van der Waals surface area contributed by atoms with E-state index in [-0.39, 0.29) is 50.1 Å². The monoisotopic (exact) mass is 748 g/mol. The largest absolute Gasteiger partial charge is 0.457 e. The second kappa shape index (κ2) is 14.3. The average Bonchev–Trinajstić information content (AvgIpc) is 3.39. The summed E-state index contributed by atoms with van der Waals surface area (Å²) in [5.74, 6) is -1.42. The van der Waals surface area contributed by atoms with Crippen LogP contribution >= 0.6 is 0 Å². The second-order valence-electron chi connectivity index (χ2n) is 16.6. The number of benzene rings is 1. The Hall–Kier alpha value is -4.72. The lowest BCUT2D eigenvalue weighted by atomic mass is 9.85. The summed E-state index contributed by atoms with van der Waals surface area (Å²) in [6.45, 7) is 21.5. The van der Waals surface area contributed by atoms with Gasteiger partial charge in [-0.1, -0.05) is 33.9 Å². The molecule has 2 aliphatic heterocycles. The first-order valence-electron chi connectivity index (χ1n) is 18.2. The standard InChI is InChI=1S/C39H52N4O9Si/c1-12-39(50-30(44)14-13-17-40-35(47)51-37(4,5)6)27-19-29-31-25(20-43(29)33(45)26(27)21-49-34(39)46)32(53(10,11)22(2)3)24-18-23(15-16-28(24)42-31)41-36(48)52-38(7,8)9/h15-16,18-19,22H,12-14,17,20-21H2,1-11H3,(H,40,47)(H,41,48). The summed E-state index contributed by atoms with van der Waals surface area (Å²) in [6, 6.07) is 7.31. The lowest BCUT2D eigenvalue weighted by Gasteiger charge is -2.35. The fourth-order valence-corrected chi connectivity index (χ4v) is 9.19. The van der Waals surface area contributed by atoms with Crippen LogP contribution in [0.25, 0.3) is 22.3 Å². The molecule has 0 radical (unpaired) electrons. The Labute approximate surface area is 311 Å². The van der Waals surface area contributed by atoms with E-state index >= 15 is 0 Å². The number of esters is 2. The van der Waals surface area contributed by atoms with Crippen molar-refractivity contribution in [2.24, 2.45) is 0 Å². The molecule has 3 aromatic rings. The van der Waals surface area contributed by atoms with E-state index < -0.39 is 49.0 Å². The zero-order chi connectivity index (χ0) is 39.3. The Morgan fingerprint density at radius 2 is 1.66 bits per heavy atom. The lowest BCUT2D eigenvalue weighted by Crippen LogP contribution is -2.48. The zero-order valence-electron chi connectivity index (χ0n) is 32.7. The molecule has 0 saturated carbocycles. The van der Waals surface area contributed by atoms with Gasteiger partial charge in [0.2, 0.25) is 5.60 Å². The molecule has 0 aliphatic carbocycles. The third-order valence-electron chi connectivity index (χ3n) is 9.90. The molecule has 286 valence electrons. The highest BCUT2D eigenvalue weighted by Gasteiger charge is 2.50. The topological polar surface area (TPSA) is 164 Å². The number of nitrogens with one attached hydrogen (secondary N) is 2. The van der Waals surface area contributed by atoms with Gasteiger partial charge in [-0.2, -0.15) is 0 Å². The Morgan fingerprint density at radius 1 is 1.00 bits per heavy atom. The molecule has 13 nitrogen and oxygen atoms in total. The number of carbonyl (C=O) groups excluding carboxylic acids is 4. The fraction of sp³-hybridized carbons (Fsp3) is 0.538. The number of nitrogens with zero attached hydrogens (tertiary/aromatic N) is 2. The Bertz CT molecular complexity index is 2040. The van der Waals surface area contributed by atoms with Gasteiger partial charge in [-0.05, 0) is 94.9 Å². The van der Waals surface area contributed by atoms with E-state index in [0.717, 1.165) is 16.1 Å². The minimum atomic E-state index is -2.25. The van der Waals surface area contributed by atoms with Crippen molar-refractivity contribution in [3.8, 4) is 11.4 Å². The molecule has 5 rings (SSSR count). The number of hydrogen-bond donors (Lipinski definition) is 2. The number of hydrogen-bond acceptors (Lipinski definition) is 10. The van der Waals surface area contributed by atoms with Crippen molar-refractivity contribution in [2.75, 3.05) is 11.9 Å². The molecular weight excluding hydrogens is 697 g/mol. The number of anilines is 1. The normalized spacial score (nSPS) is 16.7. The van der Waals surface area contributed by atoms with Gasteiger partial charge in [-0.3, -0.25) is 14.9 Å². The summed E-state index contributed by atoms with van der Waals surface area (Å²) < 4.78 is 23.9. The molecule has 1 aromatic carbocycles. The van der Waals surface area contributed by atoms with Crippen LogP contribution in [-0.4, -0.2) is 59.5 Å². The van der Waals surface area contributed by atoms with Gasteiger partial charge in [-0.25, -0.2) is 19.4 Å². The van der Waals surface area contributed by atoms with Gasteiger partial charge in [0.25, 0.3) is 5.56 Å². The molecule has 2 N–H and O–H groups in total. The number of cyclic esters (lactones) is 1. The van der Waals surface area contributed by atoms with Crippen molar-refractivity contribution in [2.45, 2.75) is 130 Å². The Morgan fingerprint density at radius 3 is 2.28 bits per heavy atom. The third kappa shape index (κ3) is 7.97. The first kappa shape index (κ1) is 39.5. The predicted molar refractivity (Wildman–Crippen MR) is 204 cm³/mol. The van der Waals surface area contributed by atoms with Gasteiger partial charge in [-0.15, -0.1) is 0 Å². The van der Waals surface area contributed by atoms with Crippen LogP contribution in [0.1, 0.15) is 98.3 Å². The highest BCUT2D eigenvalue weighted by atomic mass is 28.3. The van der Waals surface area contributed by atoms with Crippen molar-refractivity contribution >= 4 is 54.0 Å². The van der Waals surface area contributed by atoms with Crippen LogP contribution in [0.15, 0.2) is 29.1 Å². The first-order valence-corrected chi connectivity index (χ1v) is 21.3. The van der Waals surface area contributed by atoms with Crippen LogP contribution in [0, 0.1) is 0 Å². The second-order valence-corrected chi connectivity index (χ2v) is 21.7. The van der Waals surface area contributed by atoms with Crippen LogP contribution in [0.4, 0.5) is 15.3 Å². The van der Waals surface area contributed by atoms with E-state index in [2.05, 4.69) is 37.6 Å². The molecule has 2 aromatic heterocycles. The number of alkyl carbamates (subject to hydrolysis) is 1. The van der Waals surface area contributed by atoms with E-state index in [4.69, 9.17) is 23.9 Å². The van der Waals surface area contributed by atoms with Crippen molar-refractivity contribution in [1.82, 2.24) is 14.9 Å². The van der Waals surface area contributed by atoms with E-state index in [1.165, 1.54) is 0 Å². The molecule has 0 spiro atoms. The molecule has 2 aliphatic rings. The Balaban J connectivity index is 1.55. The summed E-state index contributed by atoms with van der Waals surface area (Å²) in [4.78, 5) is 70.9. The smallest absolute Gasteiger partial charge is 0.412 e. The zero-order valence-corrected chi connectivity index (χ0v) is 33.7. The van der Waals surface area contributed by atoms with E-state index in [9.17, 15) is 24.0 Å². The van der Waals surface area contributed by atoms with Crippen LogP contribution in [0.5, 0.6) is 0 Å². The minimum absolute atomic E-state index is 0.0353. The number of ether oxygens (including phenoxy) is 4. The van der Waals surface area contributed by atoms with Crippen LogP contribution in [0.2, 0.25) is 18.6 Å². The maximum atomic E-state index is 14.3. The first-order chi connectivity index (χ1) is 24.6. The van der Waals surface area contributed by atoms with Gasteiger partial charge >= 0.3 is 24.1 Å². The quantitative estimate of drug-likeness (QED) is 0.0824. The molecule has 2 amide bonds. The number of fused-ring (bicyclic) bond motifs is 5. The molecule has 53 heavy (non-hydrogen) atoms. The maximum Gasteiger partial charge on any atom is 0.412 e. The summed E-state index contributed by atoms with van der Waals surface area (Å²) in [7, 11) is -2.25. The van der Waals surface area contributed by atoms with Gasteiger partial charge in [0.1, 0.15) is 17.8 Å². The number of rotatable bonds is 9. The third-order valence-corrected chi connectivity index (χ3v) is 14.6. The molecule has 0 bridgehead atoms. The molecule has 0 fully saturated rings. The molecule has 1 atom stereocenters. The van der Waals surface area contributed by atoms with Crippen molar-refractivity contribution in [3.05, 3.63) is 51.3 Å². The van der Waals surface area contributed by atoms with Gasteiger partial charge in [0.05, 0.1) is 37.1 Å². The summed E-state index contributed by atoms with van der Waals surface area (Å²) >= 11 is 0. The number of carbonyl (C=O) groups is 4. The van der Waals surface area contributed by atoms with Gasteiger partial charge < -0.3 is 28.8 Å². The molecular formula is C39H52N4O9Si. The molecule has 4 heterocycles. The lowest BCUT2D eigenvalue weighted by molar-refractivity contribution is -0.189. The van der Waals surface area contributed by atoms with Crippen molar-refractivity contribution in [1.29, 1.82) is 0 Å². The van der Waals surface area contributed by atoms with E-state index in [1.54, 1.807) is 65.2 Å². The molecule has 1 unspecified atom stereocenters. The summed E-state index contributed by atoms with van der Waals surface area (Å²) in [5, 5.41) is 7.49. The van der Waals surface area contributed by atoms with Gasteiger partial charge in [0, 0.05) is 29.6 Å². The van der Waals surface area contributed by atoms with Crippen LogP contribution in [0.3, 0.4) is 0 Å². The van der Waals surface area contributed by atoms with Crippen LogP contribution in [-0.2, 0) is 47.3 Å².